The molecule has 0 saturated carbocycles. The summed E-state index contributed by atoms with van der Waals surface area (Å²) in [5.41, 5.74) is 2.32. The summed E-state index contributed by atoms with van der Waals surface area (Å²) in [5.74, 6) is 1.43. The number of aromatic nitrogens is 2. The van der Waals surface area contributed by atoms with Crippen LogP contribution in [0.25, 0.3) is 0 Å². The van der Waals surface area contributed by atoms with Crippen molar-refractivity contribution < 1.29 is 9.32 Å². The van der Waals surface area contributed by atoms with Crippen molar-refractivity contribution in [2.24, 2.45) is 0 Å². The smallest absolute Gasteiger partial charge is 0.241 e. The Morgan fingerprint density at radius 1 is 1.35 bits per heavy atom. The van der Waals surface area contributed by atoms with Gasteiger partial charge >= 0.3 is 0 Å². The van der Waals surface area contributed by atoms with E-state index in [1.54, 1.807) is 6.92 Å². The predicted octanol–water partition coefficient (Wildman–Crippen LogP) is 2.10. The van der Waals surface area contributed by atoms with E-state index in [0.29, 0.717) is 18.3 Å². The van der Waals surface area contributed by atoms with Crippen molar-refractivity contribution in [1.82, 2.24) is 15.0 Å². The molecule has 1 amide bonds. The van der Waals surface area contributed by atoms with Crippen LogP contribution >= 0.6 is 0 Å². The average Bonchev–Trinajstić information content (AvgIpc) is 3.25. The lowest BCUT2D eigenvalue weighted by Crippen LogP contribution is -2.39. The molecule has 3 heterocycles. The van der Waals surface area contributed by atoms with Crippen molar-refractivity contribution in [3.63, 3.8) is 0 Å². The van der Waals surface area contributed by atoms with Gasteiger partial charge < -0.3 is 9.42 Å². The third-order valence-electron chi connectivity index (χ3n) is 4.73. The number of hydrogen-bond acceptors (Lipinski definition) is 5. The van der Waals surface area contributed by atoms with E-state index in [9.17, 15) is 4.79 Å². The SMILES string of the molecule is Cc1nc(C2CCCN2CC(=O)N2CCc3ccccc32)no1. The number of rotatable bonds is 3. The lowest BCUT2D eigenvalue weighted by molar-refractivity contribution is -0.119. The van der Waals surface area contributed by atoms with Gasteiger partial charge in [0.25, 0.3) is 0 Å². The van der Waals surface area contributed by atoms with Crippen LogP contribution in [0.4, 0.5) is 5.69 Å². The Kier molecular flexibility index (Phi) is 3.61. The Morgan fingerprint density at radius 2 is 2.22 bits per heavy atom. The molecule has 6 heteroatoms. The van der Waals surface area contributed by atoms with Crippen LogP contribution in [-0.2, 0) is 11.2 Å². The number of carbonyl (C=O) groups excluding carboxylic acids is 1. The molecule has 0 aliphatic carbocycles. The first-order valence-corrected chi connectivity index (χ1v) is 8.15. The van der Waals surface area contributed by atoms with E-state index in [-0.39, 0.29) is 11.9 Å². The molecule has 1 atom stereocenters. The van der Waals surface area contributed by atoms with Crippen LogP contribution < -0.4 is 4.90 Å². The Balaban J connectivity index is 1.48. The maximum Gasteiger partial charge on any atom is 0.241 e. The molecule has 1 saturated heterocycles. The molecule has 6 nitrogen and oxygen atoms in total. The van der Waals surface area contributed by atoms with Gasteiger partial charge in [0.1, 0.15) is 0 Å². The van der Waals surface area contributed by atoms with Crippen LogP contribution in [0.2, 0.25) is 0 Å². The van der Waals surface area contributed by atoms with Gasteiger partial charge in [0.2, 0.25) is 11.8 Å². The number of para-hydroxylation sites is 1. The first kappa shape index (κ1) is 14.4. The zero-order chi connectivity index (χ0) is 15.8. The second kappa shape index (κ2) is 5.77. The molecular formula is C17H20N4O2. The van der Waals surface area contributed by atoms with Gasteiger partial charge in [0.05, 0.1) is 12.6 Å². The number of amides is 1. The lowest BCUT2D eigenvalue weighted by atomic mass is 10.2. The van der Waals surface area contributed by atoms with Gasteiger partial charge in [-0.3, -0.25) is 9.69 Å². The van der Waals surface area contributed by atoms with Gasteiger partial charge in [-0.05, 0) is 37.4 Å². The van der Waals surface area contributed by atoms with Crippen LogP contribution in [0.1, 0.15) is 36.2 Å². The van der Waals surface area contributed by atoms with Crippen LogP contribution in [0, 0.1) is 6.92 Å². The molecule has 2 aliphatic rings. The van der Waals surface area contributed by atoms with E-state index in [2.05, 4.69) is 21.1 Å². The molecule has 1 fully saturated rings. The molecular weight excluding hydrogens is 292 g/mol. The van der Waals surface area contributed by atoms with E-state index < -0.39 is 0 Å². The van der Waals surface area contributed by atoms with Gasteiger partial charge in [0, 0.05) is 19.2 Å². The topological polar surface area (TPSA) is 62.5 Å². The van der Waals surface area contributed by atoms with Crippen LogP contribution in [-0.4, -0.2) is 40.6 Å². The Bertz CT molecular complexity index is 727. The molecule has 0 spiro atoms. The van der Waals surface area contributed by atoms with E-state index >= 15 is 0 Å². The molecule has 0 bridgehead atoms. The van der Waals surface area contributed by atoms with Gasteiger partial charge in [-0.2, -0.15) is 4.98 Å². The van der Waals surface area contributed by atoms with Crippen LogP contribution in [0.15, 0.2) is 28.8 Å². The normalized spacial score (nSPS) is 20.9. The summed E-state index contributed by atoms with van der Waals surface area (Å²) in [5, 5.41) is 4.04. The highest BCUT2D eigenvalue weighted by atomic mass is 16.5. The Labute approximate surface area is 135 Å². The average molecular weight is 312 g/mol. The fourth-order valence-electron chi connectivity index (χ4n) is 3.61. The molecule has 1 unspecified atom stereocenters. The van der Waals surface area contributed by atoms with E-state index in [4.69, 9.17) is 4.52 Å². The fourth-order valence-corrected chi connectivity index (χ4v) is 3.61. The van der Waals surface area contributed by atoms with Crippen molar-refractivity contribution >= 4 is 11.6 Å². The molecule has 0 radical (unpaired) electrons. The number of benzene rings is 1. The molecule has 1 aromatic heterocycles. The Morgan fingerprint density at radius 3 is 3.04 bits per heavy atom. The number of fused-ring (bicyclic) bond motifs is 1. The van der Waals surface area contributed by atoms with E-state index in [0.717, 1.165) is 38.0 Å². The molecule has 23 heavy (non-hydrogen) atoms. The van der Waals surface area contributed by atoms with Gasteiger partial charge in [0.15, 0.2) is 5.82 Å². The van der Waals surface area contributed by atoms with E-state index in [1.807, 2.05) is 23.1 Å². The molecule has 4 rings (SSSR count). The molecule has 0 N–H and O–H groups in total. The van der Waals surface area contributed by atoms with Crippen molar-refractivity contribution in [2.45, 2.75) is 32.2 Å². The Hall–Kier alpha value is -2.21. The van der Waals surface area contributed by atoms with Crippen molar-refractivity contribution in [1.29, 1.82) is 0 Å². The lowest BCUT2D eigenvalue weighted by Gasteiger charge is -2.25. The highest BCUT2D eigenvalue weighted by molar-refractivity contribution is 5.96. The summed E-state index contributed by atoms with van der Waals surface area (Å²) in [6, 6.07) is 8.25. The summed E-state index contributed by atoms with van der Waals surface area (Å²) in [6.45, 7) is 3.88. The molecule has 2 aliphatic heterocycles. The zero-order valence-electron chi connectivity index (χ0n) is 13.2. The highest BCUT2D eigenvalue weighted by Gasteiger charge is 2.33. The number of nitrogens with zero attached hydrogens (tertiary/aromatic N) is 4. The number of anilines is 1. The summed E-state index contributed by atoms with van der Waals surface area (Å²) in [4.78, 5) is 21.2. The molecule has 120 valence electrons. The largest absolute Gasteiger partial charge is 0.340 e. The van der Waals surface area contributed by atoms with Crippen LogP contribution in [0.5, 0.6) is 0 Å². The minimum absolute atomic E-state index is 0.0919. The molecule has 2 aromatic rings. The van der Waals surface area contributed by atoms with Crippen molar-refractivity contribution in [3.05, 3.63) is 41.5 Å². The quantitative estimate of drug-likeness (QED) is 0.868. The highest BCUT2D eigenvalue weighted by Crippen LogP contribution is 2.31. The zero-order valence-corrected chi connectivity index (χ0v) is 13.2. The first-order valence-electron chi connectivity index (χ1n) is 8.15. The maximum atomic E-state index is 12.8. The minimum atomic E-state index is 0.0919. The molecule has 1 aromatic carbocycles. The van der Waals surface area contributed by atoms with Gasteiger partial charge in [-0.25, -0.2) is 0 Å². The first-order chi connectivity index (χ1) is 11.2. The summed E-state index contributed by atoms with van der Waals surface area (Å²) >= 11 is 0. The summed E-state index contributed by atoms with van der Waals surface area (Å²) in [6.07, 6.45) is 2.97. The minimum Gasteiger partial charge on any atom is -0.340 e. The van der Waals surface area contributed by atoms with Crippen molar-refractivity contribution in [3.8, 4) is 0 Å². The monoisotopic (exact) mass is 312 g/mol. The van der Waals surface area contributed by atoms with Crippen LogP contribution in [0.3, 0.4) is 0 Å². The third kappa shape index (κ3) is 2.63. The van der Waals surface area contributed by atoms with Gasteiger partial charge in [-0.1, -0.05) is 23.4 Å². The van der Waals surface area contributed by atoms with E-state index in [1.165, 1.54) is 5.56 Å². The number of aryl methyl sites for hydroxylation is 1. The summed E-state index contributed by atoms with van der Waals surface area (Å²) in [7, 11) is 0. The predicted molar refractivity (Wildman–Crippen MR) is 85.1 cm³/mol. The fraction of sp³-hybridized carbons (Fsp3) is 0.471. The second-order valence-corrected chi connectivity index (χ2v) is 6.22. The number of carbonyl (C=O) groups is 1. The summed E-state index contributed by atoms with van der Waals surface area (Å²) < 4.78 is 5.09. The van der Waals surface area contributed by atoms with Gasteiger partial charge in [-0.15, -0.1) is 0 Å². The maximum absolute atomic E-state index is 12.8. The van der Waals surface area contributed by atoms with Crippen molar-refractivity contribution in [2.75, 3.05) is 24.5 Å². The number of hydrogen-bond donors (Lipinski definition) is 0. The number of likely N-dealkylation sites (tertiary alicyclic amines) is 1. The standard InChI is InChI=1S/C17H20N4O2/c1-12-18-17(19-23-12)15-7-4-9-20(15)11-16(22)21-10-8-13-5-2-3-6-14(13)21/h2-3,5-6,15H,4,7-11H2,1H3. The third-order valence-corrected chi connectivity index (χ3v) is 4.73. The second-order valence-electron chi connectivity index (χ2n) is 6.22.